The van der Waals surface area contributed by atoms with E-state index in [0.717, 1.165) is 0 Å². The predicted molar refractivity (Wildman–Crippen MR) is 61.4 cm³/mol. The molecule has 108 valence electrons. The van der Waals surface area contributed by atoms with Crippen LogP contribution in [-0.4, -0.2) is 52.8 Å². The van der Waals surface area contributed by atoms with Gasteiger partial charge in [0.2, 0.25) is 5.91 Å². The molecule has 0 aromatic heterocycles. The minimum atomic E-state index is -1.56. The Morgan fingerprint density at radius 2 is 1.74 bits per heavy atom. The molecule has 0 unspecified atom stereocenters. The Morgan fingerprint density at radius 1 is 1.16 bits per heavy atom. The average Bonchev–Trinajstić information content (AvgIpc) is 2.27. The minimum absolute atomic E-state index is 0.122. The summed E-state index contributed by atoms with van der Waals surface area (Å²) in [6.07, 6.45) is -1.58. The van der Waals surface area contributed by atoms with E-state index >= 15 is 0 Å². The summed E-state index contributed by atoms with van der Waals surface area (Å²) >= 11 is 0. The molecule has 0 fully saturated rings. The third kappa shape index (κ3) is 6.86. The molecule has 0 saturated heterocycles. The number of alkyl carbamates (subject to hydrolysis) is 1. The maximum Gasteiger partial charge on any atom is 0.407 e. The Hall–Kier alpha value is -2.32. The van der Waals surface area contributed by atoms with E-state index in [1.807, 2.05) is 5.32 Å². The van der Waals surface area contributed by atoms with Crippen molar-refractivity contribution >= 4 is 23.9 Å². The first-order valence-electron chi connectivity index (χ1n) is 5.46. The van der Waals surface area contributed by atoms with Gasteiger partial charge < -0.3 is 25.6 Å². The van der Waals surface area contributed by atoms with Gasteiger partial charge in [-0.05, 0) is 13.8 Å². The maximum absolute atomic E-state index is 11.5. The number of carboxylic acids is 2. The number of amides is 2. The highest BCUT2D eigenvalue weighted by Gasteiger charge is 2.26. The van der Waals surface area contributed by atoms with Gasteiger partial charge in [-0.25, -0.2) is 9.59 Å². The van der Waals surface area contributed by atoms with Crippen molar-refractivity contribution in [3.8, 4) is 0 Å². The molecule has 4 N–H and O–H groups in total. The average molecular weight is 276 g/mol. The molecule has 2 atom stereocenters. The van der Waals surface area contributed by atoms with Crippen LogP contribution >= 0.6 is 0 Å². The topological polar surface area (TPSA) is 142 Å². The molecule has 0 aliphatic carbocycles. The summed E-state index contributed by atoms with van der Waals surface area (Å²) in [5.41, 5.74) is 0. The van der Waals surface area contributed by atoms with E-state index < -0.39 is 42.4 Å². The lowest BCUT2D eigenvalue weighted by Gasteiger charge is -2.17. The fourth-order valence-electron chi connectivity index (χ4n) is 1.09. The fourth-order valence-corrected chi connectivity index (χ4v) is 1.09. The number of carbonyl (C=O) groups excluding carboxylic acids is 2. The molecule has 9 heteroatoms. The highest BCUT2D eigenvalue weighted by molar-refractivity contribution is 5.90. The molecular formula is C10H16N2O7. The lowest BCUT2D eigenvalue weighted by Crippen LogP contribution is -2.51. The van der Waals surface area contributed by atoms with Gasteiger partial charge in [0, 0.05) is 0 Å². The summed E-state index contributed by atoms with van der Waals surface area (Å²) in [7, 11) is 0. The Morgan fingerprint density at radius 3 is 2.16 bits per heavy atom. The highest BCUT2D eigenvalue weighted by Crippen LogP contribution is 1.95. The van der Waals surface area contributed by atoms with Crippen molar-refractivity contribution in [2.24, 2.45) is 0 Å². The smallest absolute Gasteiger partial charge is 0.407 e. The second kappa shape index (κ2) is 7.90. The summed E-state index contributed by atoms with van der Waals surface area (Å²) in [6.45, 7) is 3.01. The van der Waals surface area contributed by atoms with Gasteiger partial charge in [0.15, 0.2) is 0 Å². The second-order valence-electron chi connectivity index (χ2n) is 3.58. The van der Waals surface area contributed by atoms with Gasteiger partial charge in [-0.1, -0.05) is 0 Å². The number of rotatable bonds is 7. The number of carboxylic acid groups (broad SMARTS) is 2. The largest absolute Gasteiger partial charge is 0.481 e. The molecule has 0 spiro atoms. The van der Waals surface area contributed by atoms with Gasteiger partial charge in [-0.2, -0.15) is 0 Å². The van der Waals surface area contributed by atoms with Gasteiger partial charge in [-0.3, -0.25) is 9.59 Å². The van der Waals surface area contributed by atoms with Gasteiger partial charge in [0.25, 0.3) is 0 Å². The van der Waals surface area contributed by atoms with E-state index in [1.54, 1.807) is 6.92 Å². The zero-order chi connectivity index (χ0) is 15.0. The molecular weight excluding hydrogens is 260 g/mol. The predicted octanol–water partition coefficient (Wildman–Crippen LogP) is -0.835. The minimum Gasteiger partial charge on any atom is -0.481 e. The number of hydrogen-bond donors (Lipinski definition) is 4. The van der Waals surface area contributed by atoms with Gasteiger partial charge >= 0.3 is 18.0 Å². The number of carbonyl (C=O) groups is 4. The van der Waals surface area contributed by atoms with Crippen LogP contribution in [0.5, 0.6) is 0 Å². The van der Waals surface area contributed by atoms with Crippen LogP contribution in [0.25, 0.3) is 0 Å². The number of hydrogen-bond acceptors (Lipinski definition) is 5. The summed E-state index contributed by atoms with van der Waals surface area (Å²) in [5, 5.41) is 21.4. The van der Waals surface area contributed by atoms with Crippen molar-refractivity contribution in [3.05, 3.63) is 0 Å². The van der Waals surface area contributed by atoms with E-state index in [9.17, 15) is 19.2 Å². The Kier molecular flexibility index (Phi) is 6.94. The van der Waals surface area contributed by atoms with Crippen molar-refractivity contribution in [1.82, 2.24) is 10.6 Å². The molecule has 0 radical (unpaired) electrons. The number of ether oxygens (including phenoxy) is 1. The third-order valence-electron chi connectivity index (χ3n) is 2.00. The normalized spacial score (nSPS) is 12.9. The molecule has 0 bridgehead atoms. The van der Waals surface area contributed by atoms with Crippen LogP contribution < -0.4 is 10.6 Å². The third-order valence-corrected chi connectivity index (χ3v) is 2.00. The molecule has 0 heterocycles. The Labute approximate surface area is 108 Å². The molecule has 0 aliphatic heterocycles. The Bertz CT molecular complexity index is 369. The van der Waals surface area contributed by atoms with E-state index in [0.29, 0.717) is 0 Å². The van der Waals surface area contributed by atoms with Crippen LogP contribution in [-0.2, 0) is 19.1 Å². The highest BCUT2D eigenvalue weighted by atomic mass is 16.5. The van der Waals surface area contributed by atoms with Crippen LogP contribution in [0.3, 0.4) is 0 Å². The van der Waals surface area contributed by atoms with E-state index in [1.165, 1.54) is 6.92 Å². The van der Waals surface area contributed by atoms with Crippen molar-refractivity contribution in [2.45, 2.75) is 32.4 Å². The molecule has 0 aromatic carbocycles. The van der Waals surface area contributed by atoms with Crippen molar-refractivity contribution < 1.29 is 34.1 Å². The number of aliphatic carboxylic acids is 2. The van der Waals surface area contributed by atoms with Gasteiger partial charge in [0.1, 0.15) is 12.1 Å². The van der Waals surface area contributed by atoms with E-state index in [2.05, 4.69) is 10.1 Å². The summed E-state index contributed by atoms with van der Waals surface area (Å²) in [4.78, 5) is 43.7. The SMILES string of the molecule is CCOC(=O)N[C@@H](C)C(=O)N[C@@H](CC(=O)O)C(=O)O. The lowest BCUT2D eigenvalue weighted by atomic mass is 10.2. The van der Waals surface area contributed by atoms with Crippen LogP contribution in [0.2, 0.25) is 0 Å². The summed E-state index contributed by atoms with van der Waals surface area (Å²) in [5.74, 6) is -3.65. The molecule has 0 rings (SSSR count). The number of nitrogens with one attached hydrogen (secondary N) is 2. The molecule has 9 nitrogen and oxygen atoms in total. The van der Waals surface area contributed by atoms with Crippen LogP contribution in [0.4, 0.5) is 4.79 Å². The monoisotopic (exact) mass is 276 g/mol. The molecule has 0 aliphatic rings. The Balaban J connectivity index is 4.42. The van der Waals surface area contributed by atoms with Gasteiger partial charge in [0.05, 0.1) is 13.0 Å². The van der Waals surface area contributed by atoms with E-state index in [4.69, 9.17) is 10.2 Å². The van der Waals surface area contributed by atoms with Crippen molar-refractivity contribution in [1.29, 1.82) is 0 Å². The molecule has 0 aromatic rings. The molecule has 0 saturated carbocycles. The summed E-state index contributed by atoms with van der Waals surface area (Å²) in [6, 6.07) is -2.61. The lowest BCUT2D eigenvalue weighted by molar-refractivity contribution is -0.147. The first kappa shape index (κ1) is 16.7. The van der Waals surface area contributed by atoms with Crippen LogP contribution in [0, 0.1) is 0 Å². The van der Waals surface area contributed by atoms with E-state index in [-0.39, 0.29) is 6.61 Å². The van der Waals surface area contributed by atoms with Crippen LogP contribution in [0.1, 0.15) is 20.3 Å². The molecule has 2 amide bonds. The first-order chi connectivity index (χ1) is 8.77. The maximum atomic E-state index is 11.5. The fraction of sp³-hybridized carbons (Fsp3) is 0.600. The quantitative estimate of drug-likeness (QED) is 0.475. The molecule has 19 heavy (non-hydrogen) atoms. The second-order valence-corrected chi connectivity index (χ2v) is 3.58. The van der Waals surface area contributed by atoms with Crippen molar-refractivity contribution in [2.75, 3.05) is 6.61 Å². The van der Waals surface area contributed by atoms with Crippen molar-refractivity contribution in [3.63, 3.8) is 0 Å². The standard InChI is InChI=1S/C10H16N2O7/c1-3-19-10(18)11-5(2)8(15)12-6(9(16)17)4-7(13)14/h5-6H,3-4H2,1-2H3,(H,11,18)(H,12,15)(H,13,14)(H,16,17)/t5-,6-/m0/s1. The zero-order valence-electron chi connectivity index (χ0n) is 10.5. The first-order valence-corrected chi connectivity index (χ1v) is 5.46. The van der Waals surface area contributed by atoms with Gasteiger partial charge in [-0.15, -0.1) is 0 Å². The summed E-state index contributed by atoms with van der Waals surface area (Å²) < 4.78 is 4.54. The van der Waals surface area contributed by atoms with Crippen LogP contribution in [0.15, 0.2) is 0 Å². The zero-order valence-corrected chi connectivity index (χ0v) is 10.5.